The molecule has 1 aliphatic rings. The summed E-state index contributed by atoms with van der Waals surface area (Å²) in [5.41, 5.74) is 1.88. The standard InChI is InChI=1S/C14H21N3O.ClH/c1-11-4-3-5-12(10-11)16-13(18)17-14(2)6-8-15-9-7-14;/h3-5,10,15H,6-9H2,1-2H3,(H2,16,17,18);1H. The van der Waals surface area contributed by atoms with Crippen molar-refractivity contribution in [2.75, 3.05) is 18.4 Å². The molecular weight excluding hydrogens is 262 g/mol. The Labute approximate surface area is 120 Å². The van der Waals surface area contributed by atoms with Crippen molar-refractivity contribution < 1.29 is 4.79 Å². The maximum atomic E-state index is 12.0. The monoisotopic (exact) mass is 283 g/mol. The van der Waals surface area contributed by atoms with Gasteiger partial charge in [0.25, 0.3) is 0 Å². The van der Waals surface area contributed by atoms with Gasteiger partial charge in [0.1, 0.15) is 0 Å². The van der Waals surface area contributed by atoms with Gasteiger partial charge in [-0.1, -0.05) is 12.1 Å². The molecule has 4 nitrogen and oxygen atoms in total. The van der Waals surface area contributed by atoms with Crippen molar-refractivity contribution in [3.8, 4) is 0 Å². The van der Waals surface area contributed by atoms with Crippen LogP contribution in [0.4, 0.5) is 10.5 Å². The van der Waals surface area contributed by atoms with Gasteiger partial charge < -0.3 is 16.0 Å². The second-order valence-corrected chi connectivity index (χ2v) is 5.26. The van der Waals surface area contributed by atoms with E-state index in [2.05, 4.69) is 22.9 Å². The van der Waals surface area contributed by atoms with Crippen molar-refractivity contribution in [1.82, 2.24) is 10.6 Å². The number of hydrogen-bond donors (Lipinski definition) is 3. The molecule has 1 aromatic rings. The molecule has 1 heterocycles. The number of piperidine rings is 1. The van der Waals surface area contributed by atoms with Crippen molar-refractivity contribution in [3.05, 3.63) is 29.8 Å². The van der Waals surface area contributed by atoms with E-state index in [1.807, 2.05) is 31.2 Å². The van der Waals surface area contributed by atoms with Crippen LogP contribution < -0.4 is 16.0 Å². The van der Waals surface area contributed by atoms with Gasteiger partial charge in [0.2, 0.25) is 0 Å². The topological polar surface area (TPSA) is 53.2 Å². The average Bonchev–Trinajstić information content (AvgIpc) is 2.28. The van der Waals surface area contributed by atoms with Gasteiger partial charge in [-0.15, -0.1) is 12.4 Å². The van der Waals surface area contributed by atoms with Crippen LogP contribution in [0.25, 0.3) is 0 Å². The van der Waals surface area contributed by atoms with Crippen LogP contribution in [-0.4, -0.2) is 24.7 Å². The highest BCUT2D eigenvalue weighted by atomic mass is 35.5. The predicted molar refractivity (Wildman–Crippen MR) is 81.1 cm³/mol. The number of hydrogen-bond acceptors (Lipinski definition) is 2. The zero-order chi connectivity index (χ0) is 13.0. The van der Waals surface area contributed by atoms with E-state index in [1.165, 1.54) is 0 Å². The minimum absolute atomic E-state index is 0. The van der Waals surface area contributed by atoms with E-state index in [-0.39, 0.29) is 24.0 Å². The second-order valence-electron chi connectivity index (χ2n) is 5.26. The van der Waals surface area contributed by atoms with Gasteiger partial charge >= 0.3 is 6.03 Å². The fraction of sp³-hybridized carbons (Fsp3) is 0.500. The maximum absolute atomic E-state index is 12.0. The predicted octanol–water partition coefficient (Wildman–Crippen LogP) is 2.68. The van der Waals surface area contributed by atoms with Crippen LogP contribution >= 0.6 is 12.4 Å². The molecule has 1 aromatic carbocycles. The number of aryl methyl sites for hydroxylation is 1. The first-order chi connectivity index (χ1) is 8.57. The molecule has 0 spiro atoms. The third-order valence-corrected chi connectivity index (χ3v) is 3.40. The molecule has 1 saturated heterocycles. The lowest BCUT2D eigenvalue weighted by Crippen LogP contribution is -2.53. The summed E-state index contributed by atoms with van der Waals surface area (Å²) in [6.07, 6.45) is 1.93. The van der Waals surface area contributed by atoms with Gasteiger partial charge in [-0.2, -0.15) is 0 Å². The number of carbonyl (C=O) groups is 1. The highest BCUT2D eigenvalue weighted by molar-refractivity contribution is 5.89. The molecule has 106 valence electrons. The van der Waals surface area contributed by atoms with Crippen molar-refractivity contribution in [2.24, 2.45) is 0 Å². The number of nitrogens with one attached hydrogen (secondary N) is 3. The summed E-state index contributed by atoms with van der Waals surface area (Å²) >= 11 is 0. The molecule has 2 amide bonds. The molecule has 5 heteroatoms. The van der Waals surface area contributed by atoms with Crippen LogP contribution in [0.15, 0.2) is 24.3 Å². The second kappa shape index (κ2) is 6.78. The number of amides is 2. The summed E-state index contributed by atoms with van der Waals surface area (Å²) in [7, 11) is 0. The molecule has 0 aliphatic carbocycles. The van der Waals surface area contributed by atoms with E-state index < -0.39 is 0 Å². The summed E-state index contributed by atoms with van der Waals surface area (Å²) in [6.45, 7) is 6.03. The number of benzene rings is 1. The first-order valence-corrected chi connectivity index (χ1v) is 6.44. The van der Waals surface area contributed by atoms with Crippen molar-refractivity contribution in [3.63, 3.8) is 0 Å². The quantitative estimate of drug-likeness (QED) is 0.782. The molecule has 0 unspecified atom stereocenters. The van der Waals surface area contributed by atoms with E-state index in [4.69, 9.17) is 0 Å². The SMILES string of the molecule is Cc1cccc(NC(=O)NC2(C)CCNCC2)c1.Cl. The highest BCUT2D eigenvalue weighted by Crippen LogP contribution is 2.17. The Kier molecular flexibility index (Phi) is 5.63. The summed E-state index contributed by atoms with van der Waals surface area (Å²) in [4.78, 5) is 12.0. The number of halogens is 1. The summed E-state index contributed by atoms with van der Waals surface area (Å²) in [5, 5.41) is 9.26. The van der Waals surface area contributed by atoms with E-state index in [0.29, 0.717) is 0 Å². The summed E-state index contributed by atoms with van der Waals surface area (Å²) in [6, 6.07) is 7.70. The summed E-state index contributed by atoms with van der Waals surface area (Å²) in [5.74, 6) is 0. The van der Waals surface area contributed by atoms with E-state index >= 15 is 0 Å². The zero-order valence-electron chi connectivity index (χ0n) is 11.5. The van der Waals surface area contributed by atoms with Gasteiger partial charge in [-0.3, -0.25) is 0 Å². The molecule has 0 saturated carbocycles. The van der Waals surface area contributed by atoms with Crippen LogP contribution in [0, 0.1) is 6.92 Å². The van der Waals surface area contributed by atoms with Gasteiger partial charge in [0.15, 0.2) is 0 Å². The first kappa shape index (κ1) is 15.8. The Balaban J connectivity index is 0.00000180. The minimum atomic E-state index is -0.120. The van der Waals surface area contributed by atoms with Crippen LogP contribution in [0.2, 0.25) is 0 Å². The van der Waals surface area contributed by atoms with Gasteiger partial charge in [-0.25, -0.2) is 4.79 Å². The van der Waals surface area contributed by atoms with E-state index in [1.54, 1.807) is 0 Å². The minimum Gasteiger partial charge on any atom is -0.333 e. The van der Waals surface area contributed by atoms with Crippen LogP contribution in [0.5, 0.6) is 0 Å². The maximum Gasteiger partial charge on any atom is 0.319 e. The first-order valence-electron chi connectivity index (χ1n) is 6.44. The Morgan fingerprint density at radius 3 is 2.63 bits per heavy atom. The lowest BCUT2D eigenvalue weighted by Gasteiger charge is -2.34. The fourth-order valence-corrected chi connectivity index (χ4v) is 2.26. The lowest BCUT2D eigenvalue weighted by atomic mass is 9.91. The fourth-order valence-electron chi connectivity index (χ4n) is 2.26. The van der Waals surface area contributed by atoms with Gasteiger partial charge in [-0.05, 0) is 57.5 Å². The molecule has 2 rings (SSSR count). The molecular formula is C14H22ClN3O. The summed E-state index contributed by atoms with van der Waals surface area (Å²) < 4.78 is 0. The third kappa shape index (κ3) is 4.73. The molecule has 19 heavy (non-hydrogen) atoms. The van der Waals surface area contributed by atoms with Crippen molar-refractivity contribution in [1.29, 1.82) is 0 Å². The lowest BCUT2D eigenvalue weighted by molar-refractivity contribution is 0.225. The highest BCUT2D eigenvalue weighted by Gasteiger charge is 2.28. The van der Waals surface area contributed by atoms with Crippen LogP contribution in [-0.2, 0) is 0 Å². The number of rotatable bonds is 2. The Bertz CT molecular complexity index is 430. The normalized spacial score (nSPS) is 17.2. The molecule has 1 fully saturated rings. The smallest absolute Gasteiger partial charge is 0.319 e. The Morgan fingerprint density at radius 1 is 1.32 bits per heavy atom. The van der Waals surface area contributed by atoms with Crippen molar-refractivity contribution in [2.45, 2.75) is 32.2 Å². The molecule has 0 aromatic heterocycles. The molecule has 3 N–H and O–H groups in total. The van der Waals surface area contributed by atoms with E-state index in [9.17, 15) is 4.79 Å². The number of anilines is 1. The van der Waals surface area contributed by atoms with Crippen molar-refractivity contribution >= 4 is 24.1 Å². The molecule has 0 radical (unpaired) electrons. The molecule has 0 atom stereocenters. The zero-order valence-corrected chi connectivity index (χ0v) is 12.3. The number of urea groups is 1. The average molecular weight is 284 g/mol. The van der Waals surface area contributed by atoms with Crippen LogP contribution in [0.3, 0.4) is 0 Å². The van der Waals surface area contributed by atoms with Gasteiger partial charge in [0, 0.05) is 11.2 Å². The largest absolute Gasteiger partial charge is 0.333 e. The molecule has 1 aliphatic heterocycles. The van der Waals surface area contributed by atoms with E-state index in [0.717, 1.165) is 37.2 Å². The van der Waals surface area contributed by atoms with Crippen LogP contribution in [0.1, 0.15) is 25.3 Å². The Morgan fingerprint density at radius 2 is 2.00 bits per heavy atom. The number of carbonyl (C=O) groups excluding carboxylic acids is 1. The van der Waals surface area contributed by atoms with Gasteiger partial charge in [0.05, 0.1) is 0 Å². The Hall–Kier alpha value is -1.26. The molecule has 0 bridgehead atoms. The third-order valence-electron chi connectivity index (χ3n) is 3.40.